The van der Waals surface area contributed by atoms with Crippen molar-refractivity contribution in [3.05, 3.63) is 75.8 Å². The Kier molecular flexibility index (Phi) is 7.86. The SMILES string of the molecule is CC(C)NC(=O)[C@@H](C)N(Cc1ccc(Cl)cc1Cl)C(=O)CCCN1C(=O)c2cccc3cccc1c23. The average Bonchev–Trinajstić information content (AvgIpc) is 3.11. The lowest BCUT2D eigenvalue weighted by Crippen LogP contribution is -2.49. The molecule has 1 aliphatic heterocycles. The number of benzene rings is 3. The lowest BCUT2D eigenvalue weighted by Gasteiger charge is -2.30. The molecule has 3 amide bonds. The van der Waals surface area contributed by atoms with Crippen LogP contribution >= 0.6 is 23.2 Å². The molecular weight excluding hydrogens is 497 g/mol. The van der Waals surface area contributed by atoms with Gasteiger partial charge in [-0.25, -0.2) is 0 Å². The zero-order valence-corrected chi connectivity index (χ0v) is 22.1. The number of hydrogen-bond acceptors (Lipinski definition) is 3. The maximum atomic E-state index is 13.4. The van der Waals surface area contributed by atoms with Gasteiger partial charge in [0.05, 0.1) is 5.69 Å². The molecule has 0 fully saturated rings. The van der Waals surface area contributed by atoms with Crippen LogP contribution in [0.2, 0.25) is 10.0 Å². The highest BCUT2D eigenvalue weighted by molar-refractivity contribution is 6.35. The van der Waals surface area contributed by atoms with Gasteiger partial charge in [-0.3, -0.25) is 14.4 Å². The largest absolute Gasteiger partial charge is 0.352 e. The Hall–Kier alpha value is -3.09. The second-order valence-corrected chi connectivity index (χ2v) is 10.2. The molecular formula is C28H29Cl2N3O3. The Morgan fingerprint density at radius 3 is 2.44 bits per heavy atom. The summed E-state index contributed by atoms with van der Waals surface area (Å²) >= 11 is 12.4. The molecule has 1 atom stereocenters. The predicted molar refractivity (Wildman–Crippen MR) is 145 cm³/mol. The van der Waals surface area contributed by atoms with Crippen LogP contribution in [-0.4, -0.2) is 41.2 Å². The van der Waals surface area contributed by atoms with Crippen LogP contribution in [0, 0.1) is 0 Å². The summed E-state index contributed by atoms with van der Waals surface area (Å²) in [6.45, 7) is 6.03. The van der Waals surface area contributed by atoms with Crippen LogP contribution < -0.4 is 10.2 Å². The molecule has 8 heteroatoms. The molecule has 1 aliphatic rings. The van der Waals surface area contributed by atoms with Crippen LogP contribution in [0.15, 0.2) is 54.6 Å². The van der Waals surface area contributed by atoms with Gasteiger partial charge in [0.1, 0.15) is 6.04 Å². The van der Waals surface area contributed by atoms with Gasteiger partial charge in [0.25, 0.3) is 5.91 Å². The predicted octanol–water partition coefficient (Wildman–Crippen LogP) is 5.83. The molecule has 3 aromatic rings. The summed E-state index contributed by atoms with van der Waals surface area (Å²) < 4.78 is 0. The molecule has 0 aromatic heterocycles. The van der Waals surface area contributed by atoms with E-state index >= 15 is 0 Å². The summed E-state index contributed by atoms with van der Waals surface area (Å²) in [6, 6.07) is 15.9. The number of halogens is 2. The Bertz CT molecular complexity index is 1320. The molecule has 36 heavy (non-hydrogen) atoms. The van der Waals surface area contributed by atoms with Gasteiger partial charge >= 0.3 is 0 Å². The fraction of sp³-hybridized carbons (Fsp3) is 0.321. The van der Waals surface area contributed by atoms with E-state index in [4.69, 9.17) is 23.2 Å². The van der Waals surface area contributed by atoms with E-state index in [1.54, 1.807) is 30.0 Å². The van der Waals surface area contributed by atoms with E-state index in [0.29, 0.717) is 34.1 Å². The topological polar surface area (TPSA) is 69.7 Å². The highest BCUT2D eigenvalue weighted by atomic mass is 35.5. The van der Waals surface area contributed by atoms with Crippen LogP contribution in [0.3, 0.4) is 0 Å². The lowest BCUT2D eigenvalue weighted by atomic mass is 10.1. The fourth-order valence-corrected chi connectivity index (χ4v) is 5.02. The number of rotatable bonds is 9. The zero-order valence-electron chi connectivity index (χ0n) is 20.6. The van der Waals surface area contributed by atoms with Crippen LogP contribution in [0.25, 0.3) is 10.8 Å². The first kappa shape index (κ1) is 26.0. The normalized spacial score (nSPS) is 13.4. The van der Waals surface area contributed by atoms with Crippen molar-refractivity contribution in [1.82, 2.24) is 10.2 Å². The molecule has 0 saturated heterocycles. The van der Waals surface area contributed by atoms with E-state index in [2.05, 4.69) is 5.32 Å². The highest BCUT2D eigenvalue weighted by Crippen LogP contribution is 2.37. The third-order valence-corrected chi connectivity index (χ3v) is 6.96. The standard InChI is InChI=1S/C28H29Cl2N3O3/c1-17(2)31-27(35)18(3)33(16-20-12-13-21(29)15-23(20)30)25(34)11-6-14-32-24-10-5-8-19-7-4-9-22(26(19)24)28(32)36/h4-5,7-10,12-13,15,17-18H,6,11,14,16H2,1-3H3,(H,31,35)/t18-/m1/s1. The molecule has 0 saturated carbocycles. The van der Waals surface area contributed by atoms with Gasteiger partial charge in [-0.2, -0.15) is 0 Å². The van der Waals surface area contributed by atoms with Gasteiger partial charge in [0, 0.05) is 46.5 Å². The molecule has 3 aromatic carbocycles. The summed E-state index contributed by atoms with van der Waals surface area (Å²) in [7, 11) is 0. The summed E-state index contributed by atoms with van der Waals surface area (Å²) in [5.74, 6) is -0.473. The van der Waals surface area contributed by atoms with Crippen LogP contribution in [0.4, 0.5) is 5.69 Å². The molecule has 0 radical (unpaired) electrons. The number of amides is 3. The van der Waals surface area contributed by atoms with E-state index in [-0.39, 0.29) is 36.7 Å². The number of hydrogen-bond donors (Lipinski definition) is 1. The monoisotopic (exact) mass is 525 g/mol. The van der Waals surface area contributed by atoms with Gasteiger partial charge in [0.15, 0.2) is 0 Å². The van der Waals surface area contributed by atoms with Crippen molar-refractivity contribution in [3.8, 4) is 0 Å². The Morgan fingerprint density at radius 1 is 1.03 bits per heavy atom. The van der Waals surface area contributed by atoms with E-state index < -0.39 is 6.04 Å². The number of carbonyl (C=O) groups is 3. The van der Waals surface area contributed by atoms with E-state index in [1.807, 2.05) is 50.2 Å². The van der Waals surface area contributed by atoms with Crippen molar-refractivity contribution in [2.75, 3.05) is 11.4 Å². The zero-order chi connectivity index (χ0) is 26.0. The quantitative estimate of drug-likeness (QED) is 0.382. The molecule has 0 spiro atoms. The molecule has 188 valence electrons. The van der Waals surface area contributed by atoms with E-state index in [9.17, 15) is 14.4 Å². The number of anilines is 1. The summed E-state index contributed by atoms with van der Waals surface area (Å²) in [5.41, 5.74) is 2.26. The lowest BCUT2D eigenvalue weighted by molar-refractivity contribution is -0.140. The van der Waals surface area contributed by atoms with Crippen molar-refractivity contribution in [2.45, 2.75) is 52.2 Å². The average molecular weight is 526 g/mol. The second-order valence-electron chi connectivity index (χ2n) is 9.34. The molecule has 6 nitrogen and oxygen atoms in total. The van der Waals surface area contributed by atoms with Gasteiger partial charge < -0.3 is 15.1 Å². The van der Waals surface area contributed by atoms with Gasteiger partial charge in [-0.05, 0) is 62.4 Å². The molecule has 4 rings (SSSR count). The van der Waals surface area contributed by atoms with Crippen LogP contribution in [0.1, 0.15) is 49.5 Å². The first-order chi connectivity index (χ1) is 17.2. The first-order valence-electron chi connectivity index (χ1n) is 12.0. The number of carbonyl (C=O) groups excluding carboxylic acids is 3. The minimum atomic E-state index is -0.696. The minimum Gasteiger partial charge on any atom is -0.352 e. The van der Waals surface area contributed by atoms with Gasteiger partial charge in [-0.1, -0.05) is 53.5 Å². The molecule has 1 heterocycles. The molecule has 0 aliphatic carbocycles. The highest BCUT2D eigenvalue weighted by Gasteiger charge is 2.30. The second kappa shape index (κ2) is 10.9. The van der Waals surface area contributed by atoms with E-state index in [0.717, 1.165) is 16.5 Å². The van der Waals surface area contributed by atoms with Gasteiger partial charge in [0.2, 0.25) is 11.8 Å². The van der Waals surface area contributed by atoms with Crippen molar-refractivity contribution >= 4 is 57.4 Å². The Balaban J connectivity index is 1.48. The molecule has 0 unspecified atom stereocenters. The fourth-order valence-electron chi connectivity index (χ4n) is 4.55. The Labute approximate surface area is 221 Å². The van der Waals surface area contributed by atoms with Crippen molar-refractivity contribution in [3.63, 3.8) is 0 Å². The number of nitrogens with one attached hydrogen (secondary N) is 1. The summed E-state index contributed by atoms with van der Waals surface area (Å²) in [6.07, 6.45) is 0.638. The minimum absolute atomic E-state index is 0.0521. The van der Waals surface area contributed by atoms with Gasteiger partial charge in [-0.15, -0.1) is 0 Å². The van der Waals surface area contributed by atoms with Crippen molar-refractivity contribution in [2.24, 2.45) is 0 Å². The summed E-state index contributed by atoms with van der Waals surface area (Å²) in [4.78, 5) is 42.5. The smallest absolute Gasteiger partial charge is 0.258 e. The number of nitrogens with zero attached hydrogens (tertiary/aromatic N) is 2. The summed E-state index contributed by atoms with van der Waals surface area (Å²) in [5, 5.41) is 5.78. The third-order valence-electron chi connectivity index (χ3n) is 6.38. The maximum Gasteiger partial charge on any atom is 0.258 e. The molecule has 1 N–H and O–H groups in total. The van der Waals surface area contributed by atoms with Crippen LogP contribution in [-0.2, 0) is 16.1 Å². The first-order valence-corrected chi connectivity index (χ1v) is 12.8. The third kappa shape index (κ3) is 5.35. The van der Waals surface area contributed by atoms with Crippen molar-refractivity contribution in [1.29, 1.82) is 0 Å². The molecule has 0 bridgehead atoms. The Morgan fingerprint density at radius 2 is 1.75 bits per heavy atom. The maximum absolute atomic E-state index is 13.4. The van der Waals surface area contributed by atoms with Crippen molar-refractivity contribution < 1.29 is 14.4 Å². The van der Waals surface area contributed by atoms with E-state index in [1.165, 1.54) is 4.90 Å². The van der Waals surface area contributed by atoms with Crippen LogP contribution in [0.5, 0.6) is 0 Å².